The molecular formula is C16H22N2O2. The maximum Gasteiger partial charge on any atom is 0.289 e. The summed E-state index contributed by atoms with van der Waals surface area (Å²) >= 11 is 0. The summed E-state index contributed by atoms with van der Waals surface area (Å²) in [6.07, 6.45) is 4.03. The molecule has 0 radical (unpaired) electrons. The van der Waals surface area contributed by atoms with Crippen molar-refractivity contribution in [3.05, 3.63) is 23.7 Å². The Morgan fingerprint density at radius 2 is 2.15 bits per heavy atom. The number of fused-ring (bicyclic) bond motifs is 3. The second-order valence-corrected chi connectivity index (χ2v) is 6.60. The smallest absolute Gasteiger partial charge is 0.289 e. The maximum absolute atomic E-state index is 12.5. The third-order valence-corrected chi connectivity index (χ3v) is 5.36. The summed E-state index contributed by atoms with van der Waals surface area (Å²) in [5.41, 5.74) is 0. The molecule has 3 fully saturated rings. The van der Waals surface area contributed by atoms with E-state index in [1.807, 2.05) is 17.9 Å². The predicted molar refractivity (Wildman–Crippen MR) is 75.5 cm³/mol. The van der Waals surface area contributed by atoms with E-state index >= 15 is 0 Å². The number of likely N-dealkylation sites (tertiary alicyclic amines) is 1. The van der Waals surface area contributed by atoms with E-state index in [0.717, 1.165) is 24.9 Å². The molecule has 1 aromatic rings. The van der Waals surface area contributed by atoms with E-state index in [9.17, 15) is 4.79 Å². The van der Waals surface area contributed by atoms with E-state index < -0.39 is 0 Å². The normalized spacial score (nSPS) is 33.2. The molecule has 20 heavy (non-hydrogen) atoms. The minimum absolute atomic E-state index is 0.0786. The zero-order valence-electron chi connectivity index (χ0n) is 12.0. The van der Waals surface area contributed by atoms with Crippen molar-refractivity contribution in [2.24, 2.45) is 11.8 Å². The molecule has 0 saturated carbocycles. The fraction of sp³-hybridized carbons (Fsp3) is 0.688. The van der Waals surface area contributed by atoms with E-state index in [2.05, 4.69) is 4.90 Å². The molecule has 4 heteroatoms. The molecule has 3 saturated heterocycles. The van der Waals surface area contributed by atoms with Crippen LogP contribution in [0.25, 0.3) is 0 Å². The van der Waals surface area contributed by atoms with Crippen LogP contribution < -0.4 is 0 Å². The van der Waals surface area contributed by atoms with Crippen LogP contribution >= 0.6 is 0 Å². The van der Waals surface area contributed by atoms with Gasteiger partial charge in [0.25, 0.3) is 5.91 Å². The molecule has 3 atom stereocenters. The molecule has 0 aliphatic carbocycles. The van der Waals surface area contributed by atoms with Gasteiger partial charge in [-0.25, -0.2) is 0 Å². The molecule has 0 N–H and O–H groups in total. The third-order valence-electron chi connectivity index (χ3n) is 5.36. The second kappa shape index (κ2) is 4.62. The molecular weight excluding hydrogens is 252 g/mol. The Morgan fingerprint density at radius 1 is 1.25 bits per heavy atom. The Hall–Kier alpha value is -1.29. The van der Waals surface area contributed by atoms with Crippen molar-refractivity contribution in [2.45, 2.75) is 32.2 Å². The lowest BCUT2D eigenvalue weighted by Gasteiger charge is -2.33. The Morgan fingerprint density at radius 3 is 2.95 bits per heavy atom. The standard InChI is InChI=1S/C16H22N2O2/c1-11-5-6-15(20-11)16(19)18-9-12-8-17-7-3-2-4-14(17)13(12)10-18/h5-6,12-14H,2-4,7-10H2,1H3/t12-,13-,14+/m0/s1. The number of furan rings is 1. The Bertz CT molecular complexity index is 524. The number of amides is 1. The van der Waals surface area contributed by atoms with E-state index in [-0.39, 0.29) is 5.91 Å². The van der Waals surface area contributed by atoms with Crippen LogP contribution in [-0.2, 0) is 0 Å². The highest BCUT2D eigenvalue weighted by atomic mass is 16.3. The number of hydrogen-bond donors (Lipinski definition) is 0. The van der Waals surface area contributed by atoms with Crippen LogP contribution in [0, 0.1) is 18.8 Å². The summed E-state index contributed by atoms with van der Waals surface area (Å²) in [4.78, 5) is 17.1. The summed E-state index contributed by atoms with van der Waals surface area (Å²) in [5.74, 6) is 2.76. The summed E-state index contributed by atoms with van der Waals surface area (Å²) in [5, 5.41) is 0. The first-order valence-electron chi connectivity index (χ1n) is 7.82. The number of aryl methyl sites for hydroxylation is 1. The lowest BCUT2D eigenvalue weighted by molar-refractivity contribution is 0.0721. The van der Waals surface area contributed by atoms with E-state index in [4.69, 9.17) is 4.42 Å². The van der Waals surface area contributed by atoms with Crippen LogP contribution in [0.4, 0.5) is 0 Å². The number of carbonyl (C=O) groups is 1. The molecule has 1 amide bonds. The first-order valence-corrected chi connectivity index (χ1v) is 7.82. The van der Waals surface area contributed by atoms with Gasteiger partial charge in [-0.05, 0) is 50.3 Å². The number of nitrogens with zero attached hydrogens (tertiary/aromatic N) is 2. The molecule has 0 aromatic carbocycles. The quantitative estimate of drug-likeness (QED) is 0.787. The van der Waals surface area contributed by atoms with Crippen LogP contribution in [-0.4, -0.2) is 47.9 Å². The van der Waals surface area contributed by atoms with Crippen LogP contribution in [0.2, 0.25) is 0 Å². The van der Waals surface area contributed by atoms with Gasteiger partial charge in [-0.2, -0.15) is 0 Å². The van der Waals surface area contributed by atoms with Gasteiger partial charge in [0.1, 0.15) is 5.76 Å². The van der Waals surface area contributed by atoms with Crippen molar-refractivity contribution >= 4 is 5.91 Å². The maximum atomic E-state index is 12.5. The van der Waals surface area contributed by atoms with Gasteiger partial charge in [0.2, 0.25) is 0 Å². The lowest BCUT2D eigenvalue weighted by atomic mass is 9.90. The minimum atomic E-state index is 0.0786. The number of piperidine rings is 1. The topological polar surface area (TPSA) is 36.7 Å². The molecule has 0 bridgehead atoms. The zero-order valence-corrected chi connectivity index (χ0v) is 12.0. The number of carbonyl (C=O) groups excluding carboxylic acids is 1. The largest absolute Gasteiger partial charge is 0.456 e. The molecule has 108 valence electrons. The highest BCUT2D eigenvalue weighted by Crippen LogP contribution is 2.40. The molecule has 4 nitrogen and oxygen atoms in total. The molecule has 4 heterocycles. The van der Waals surface area contributed by atoms with Crippen LogP contribution in [0.3, 0.4) is 0 Å². The SMILES string of the molecule is Cc1ccc(C(=O)N2C[C@@H]3CN4CCCC[C@@H]4[C@H]3C2)o1. The van der Waals surface area contributed by atoms with Gasteiger partial charge in [0.15, 0.2) is 5.76 Å². The lowest BCUT2D eigenvalue weighted by Crippen LogP contribution is -2.40. The van der Waals surface area contributed by atoms with Crippen molar-refractivity contribution in [1.82, 2.24) is 9.80 Å². The van der Waals surface area contributed by atoms with Crippen LogP contribution in [0.15, 0.2) is 16.5 Å². The Balaban J connectivity index is 1.48. The van der Waals surface area contributed by atoms with Gasteiger partial charge in [-0.1, -0.05) is 6.42 Å². The van der Waals surface area contributed by atoms with Crippen molar-refractivity contribution in [3.8, 4) is 0 Å². The van der Waals surface area contributed by atoms with Gasteiger partial charge >= 0.3 is 0 Å². The molecule has 4 rings (SSSR count). The zero-order chi connectivity index (χ0) is 13.7. The third kappa shape index (κ3) is 1.89. The fourth-order valence-electron chi connectivity index (χ4n) is 4.43. The van der Waals surface area contributed by atoms with Crippen LogP contribution in [0.5, 0.6) is 0 Å². The average molecular weight is 274 g/mol. The monoisotopic (exact) mass is 274 g/mol. The van der Waals surface area contributed by atoms with Crippen LogP contribution in [0.1, 0.15) is 35.6 Å². The van der Waals surface area contributed by atoms with Gasteiger partial charge in [0.05, 0.1) is 0 Å². The Kier molecular flexibility index (Phi) is 2.88. The number of hydrogen-bond acceptors (Lipinski definition) is 3. The van der Waals surface area contributed by atoms with Crippen molar-refractivity contribution < 1.29 is 9.21 Å². The summed E-state index contributed by atoms with van der Waals surface area (Å²) < 4.78 is 5.48. The fourth-order valence-corrected chi connectivity index (χ4v) is 4.43. The molecule has 3 aliphatic heterocycles. The summed E-state index contributed by atoms with van der Waals surface area (Å²) in [6, 6.07) is 4.40. The Labute approximate surface area is 119 Å². The second-order valence-electron chi connectivity index (χ2n) is 6.60. The first-order chi connectivity index (χ1) is 9.72. The van der Waals surface area contributed by atoms with E-state index in [0.29, 0.717) is 17.6 Å². The average Bonchev–Trinajstić information content (AvgIpc) is 3.11. The van der Waals surface area contributed by atoms with Gasteiger partial charge in [0, 0.05) is 25.7 Å². The highest BCUT2D eigenvalue weighted by molar-refractivity contribution is 5.91. The minimum Gasteiger partial charge on any atom is -0.456 e. The summed E-state index contributed by atoms with van der Waals surface area (Å²) in [7, 11) is 0. The predicted octanol–water partition coefficient (Wildman–Crippen LogP) is 2.14. The summed E-state index contributed by atoms with van der Waals surface area (Å²) in [6.45, 7) is 6.18. The van der Waals surface area contributed by atoms with Gasteiger partial charge < -0.3 is 9.32 Å². The molecule has 0 spiro atoms. The van der Waals surface area contributed by atoms with E-state index in [1.165, 1.54) is 32.4 Å². The van der Waals surface area contributed by atoms with Crippen molar-refractivity contribution in [2.75, 3.05) is 26.2 Å². The van der Waals surface area contributed by atoms with E-state index in [1.54, 1.807) is 6.07 Å². The molecule has 0 unspecified atom stereocenters. The van der Waals surface area contributed by atoms with Gasteiger partial charge in [-0.3, -0.25) is 9.69 Å². The molecule has 3 aliphatic rings. The van der Waals surface area contributed by atoms with Crippen molar-refractivity contribution in [1.29, 1.82) is 0 Å². The van der Waals surface area contributed by atoms with Gasteiger partial charge in [-0.15, -0.1) is 0 Å². The highest BCUT2D eigenvalue weighted by Gasteiger charge is 2.48. The molecule has 1 aromatic heterocycles. The first kappa shape index (κ1) is 12.5. The number of rotatable bonds is 1. The van der Waals surface area contributed by atoms with Crippen molar-refractivity contribution in [3.63, 3.8) is 0 Å².